The van der Waals surface area contributed by atoms with E-state index in [4.69, 9.17) is 4.42 Å². The fourth-order valence-corrected chi connectivity index (χ4v) is 1.97. The topological polar surface area (TPSA) is 85.7 Å². The van der Waals surface area contributed by atoms with E-state index < -0.39 is 10.5 Å². The number of hydrogen-bond acceptors (Lipinski definition) is 5. The highest BCUT2D eigenvalue weighted by Crippen LogP contribution is 2.20. The van der Waals surface area contributed by atoms with Gasteiger partial charge in [0.05, 0.1) is 10.6 Å². The van der Waals surface area contributed by atoms with Crippen LogP contribution in [0.2, 0.25) is 0 Å². The molecule has 3 rings (SSSR count). The maximum Gasteiger partial charge on any atom is 0.336 e. The van der Waals surface area contributed by atoms with Crippen LogP contribution in [-0.2, 0) is 0 Å². The minimum absolute atomic E-state index is 0.0397. The zero-order valence-corrected chi connectivity index (χ0v) is 11.3. The molecular weight excluding hydrogens is 284 g/mol. The van der Waals surface area contributed by atoms with Crippen LogP contribution in [0.25, 0.3) is 11.0 Å². The van der Waals surface area contributed by atoms with Crippen LogP contribution >= 0.6 is 0 Å². The van der Waals surface area contributed by atoms with Crippen molar-refractivity contribution in [3.63, 3.8) is 0 Å². The molecule has 108 valence electrons. The fourth-order valence-electron chi connectivity index (χ4n) is 1.97. The molecule has 0 saturated carbocycles. The summed E-state index contributed by atoms with van der Waals surface area (Å²) in [7, 11) is 0. The number of nitrogens with zero attached hydrogens (tertiary/aromatic N) is 2. The molecule has 6 nitrogen and oxygen atoms in total. The first-order valence-corrected chi connectivity index (χ1v) is 6.44. The average molecular weight is 294 g/mol. The lowest BCUT2D eigenvalue weighted by Crippen LogP contribution is -1.93. The Morgan fingerprint density at radius 1 is 1.05 bits per heavy atom. The molecule has 0 atom stereocenters. The molecule has 1 heterocycles. The van der Waals surface area contributed by atoms with Crippen molar-refractivity contribution >= 4 is 28.6 Å². The SMILES string of the molecule is O=c1ccc2cc(N=Cc3ccc([N+](=O)[O-])cc3)ccc2o1. The van der Waals surface area contributed by atoms with Gasteiger partial charge in [-0.15, -0.1) is 0 Å². The van der Waals surface area contributed by atoms with Gasteiger partial charge >= 0.3 is 5.63 Å². The molecule has 0 N–H and O–H groups in total. The molecule has 1 aromatic heterocycles. The molecule has 0 bridgehead atoms. The van der Waals surface area contributed by atoms with Gasteiger partial charge in [0, 0.05) is 29.8 Å². The number of non-ortho nitro benzene ring substituents is 1. The summed E-state index contributed by atoms with van der Waals surface area (Å²) in [6, 6.07) is 14.3. The Bertz CT molecular complexity index is 927. The predicted molar refractivity (Wildman–Crippen MR) is 82.8 cm³/mol. The summed E-state index contributed by atoms with van der Waals surface area (Å²) in [4.78, 5) is 25.6. The summed E-state index contributed by atoms with van der Waals surface area (Å²) in [6.07, 6.45) is 1.62. The smallest absolute Gasteiger partial charge is 0.336 e. The Kier molecular flexibility index (Phi) is 3.49. The molecule has 2 aromatic carbocycles. The highest BCUT2D eigenvalue weighted by molar-refractivity contribution is 5.85. The molecule has 22 heavy (non-hydrogen) atoms. The normalized spacial score (nSPS) is 11.1. The second-order valence-corrected chi connectivity index (χ2v) is 4.58. The summed E-state index contributed by atoms with van der Waals surface area (Å²) in [6.45, 7) is 0. The van der Waals surface area contributed by atoms with Crippen molar-refractivity contribution in [2.75, 3.05) is 0 Å². The summed E-state index contributed by atoms with van der Waals surface area (Å²) < 4.78 is 5.04. The summed E-state index contributed by atoms with van der Waals surface area (Å²) >= 11 is 0. The molecule has 0 aliphatic heterocycles. The molecule has 0 aliphatic rings. The van der Waals surface area contributed by atoms with E-state index in [1.165, 1.54) is 18.2 Å². The number of nitro groups is 1. The highest BCUT2D eigenvalue weighted by Gasteiger charge is 2.02. The predicted octanol–water partition coefficient (Wildman–Crippen LogP) is 3.45. The van der Waals surface area contributed by atoms with E-state index >= 15 is 0 Å². The van der Waals surface area contributed by atoms with Crippen LogP contribution < -0.4 is 5.63 Å². The van der Waals surface area contributed by atoms with E-state index in [9.17, 15) is 14.9 Å². The molecule has 0 spiro atoms. The minimum Gasteiger partial charge on any atom is -0.423 e. The highest BCUT2D eigenvalue weighted by atomic mass is 16.6. The van der Waals surface area contributed by atoms with Gasteiger partial charge in [-0.05, 0) is 42.0 Å². The van der Waals surface area contributed by atoms with Crippen LogP contribution in [0, 0.1) is 10.1 Å². The number of rotatable bonds is 3. The fraction of sp³-hybridized carbons (Fsp3) is 0. The minimum atomic E-state index is -0.446. The van der Waals surface area contributed by atoms with E-state index in [0.717, 1.165) is 10.9 Å². The molecule has 0 aliphatic carbocycles. The third-order valence-electron chi connectivity index (χ3n) is 3.07. The Morgan fingerprint density at radius 2 is 1.82 bits per heavy atom. The summed E-state index contributed by atoms with van der Waals surface area (Å²) in [5.41, 5.74) is 1.60. The number of benzene rings is 2. The van der Waals surface area contributed by atoms with Crippen LogP contribution in [0.1, 0.15) is 5.56 Å². The van der Waals surface area contributed by atoms with Crippen molar-refractivity contribution < 1.29 is 9.34 Å². The Morgan fingerprint density at radius 3 is 2.55 bits per heavy atom. The van der Waals surface area contributed by atoms with Crippen molar-refractivity contribution in [2.24, 2.45) is 4.99 Å². The van der Waals surface area contributed by atoms with Crippen molar-refractivity contribution in [2.45, 2.75) is 0 Å². The summed E-state index contributed by atoms with van der Waals surface area (Å²) in [5, 5.41) is 11.4. The average Bonchev–Trinajstić information content (AvgIpc) is 2.53. The molecule has 0 saturated heterocycles. The molecule has 3 aromatic rings. The van der Waals surface area contributed by atoms with Crippen LogP contribution in [0.4, 0.5) is 11.4 Å². The van der Waals surface area contributed by atoms with Crippen molar-refractivity contribution in [3.8, 4) is 0 Å². The molecule has 0 amide bonds. The Balaban J connectivity index is 1.87. The first kappa shape index (κ1) is 13.7. The Hall–Kier alpha value is -3.28. The molecular formula is C16H10N2O4. The lowest BCUT2D eigenvalue weighted by molar-refractivity contribution is -0.384. The van der Waals surface area contributed by atoms with Crippen LogP contribution in [-0.4, -0.2) is 11.1 Å². The van der Waals surface area contributed by atoms with Gasteiger partial charge < -0.3 is 4.42 Å². The molecule has 0 radical (unpaired) electrons. The van der Waals surface area contributed by atoms with E-state index in [2.05, 4.69) is 4.99 Å². The first-order chi connectivity index (χ1) is 10.6. The second kappa shape index (κ2) is 5.61. The van der Waals surface area contributed by atoms with Gasteiger partial charge in [0.25, 0.3) is 5.69 Å². The maximum absolute atomic E-state index is 11.1. The standard InChI is InChI=1S/C16H10N2O4/c19-16-8-3-12-9-13(4-7-15(12)22-16)17-10-11-1-5-14(6-2-11)18(20)21/h1-10H. The largest absolute Gasteiger partial charge is 0.423 e. The second-order valence-electron chi connectivity index (χ2n) is 4.58. The van der Waals surface area contributed by atoms with Gasteiger partial charge in [-0.25, -0.2) is 4.79 Å². The van der Waals surface area contributed by atoms with E-state index in [0.29, 0.717) is 11.3 Å². The van der Waals surface area contributed by atoms with Crippen LogP contribution in [0.5, 0.6) is 0 Å². The van der Waals surface area contributed by atoms with Crippen molar-refractivity contribution in [1.29, 1.82) is 0 Å². The molecule has 6 heteroatoms. The van der Waals surface area contributed by atoms with Gasteiger partial charge in [-0.2, -0.15) is 0 Å². The summed E-state index contributed by atoms with van der Waals surface area (Å²) in [5.74, 6) is 0. The molecule has 0 fully saturated rings. The zero-order valence-electron chi connectivity index (χ0n) is 11.3. The third kappa shape index (κ3) is 2.90. The Labute approximate surface area is 124 Å². The van der Waals surface area contributed by atoms with Gasteiger partial charge in [-0.1, -0.05) is 0 Å². The van der Waals surface area contributed by atoms with Gasteiger partial charge in [0.1, 0.15) is 5.58 Å². The van der Waals surface area contributed by atoms with Crippen LogP contribution in [0.3, 0.4) is 0 Å². The number of nitro benzene ring substituents is 1. The van der Waals surface area contributed by atoms with E-state index in [-0.39, 0.29) is 5.69 Å². The van der Waals surface area contributed by atoms with Crippen LogP contribution in [0.15, 0.2) is 68.8 Å². The first-order valence-electron chi connectivity index (χ1n) is 6.44. The van der Waals surface area contributed by atoms with Crippen molar-refractivity contribution in [3.05, 3.63) is 80.7 Å². The quantitative estimate of drug-likeness (QED) is 0.320. The number of aliphatic imine (C=N–C) groups is 1. The monoisotopic (exact) mass is 294 g/mol. The van der Waals surface area contributed by atoms with Gasteiger partial charge in [-0.3, -0.25) is 15.1 Å². The molecule has 0 unspecified atom stereocenters. The van der Waals surface area contributed by atoms with E-state index in [1.54, 1.807) is 42.6 Å². The lowest BCUT2D eigenvalue weighted by Gasteiger charge is -1.98. The number of hydrogen-bond donors (Lipinski definition) is 0. The lowest BCUT2D eigenvalue weighted by atomic mass is 10.2. The zero-order chi connectivity index (χ0) is 15.5. The third-order valence-corrected chi connectivity index (χ3v) is 3.07. The van der Waals surface area contributed by atoms with Gasteiger partial charge in [0.2, 0.25) is 0 Å². The maximum atomic E-state index is 11.1. The van der Waals surface area contributed by atoms with E-state index in [1.807, 2.05) is 0 Å². The van der Waals surface area contributed by atoms with Crippen molar-refractivity contribution in [1.82, 2.24) is 0 Å². The van der Waals surface area contributed by atoms with Gasteiger partial charge in [0.15, 0.2) is 0 Å². The number of fused-ring (bicyclic) bond motifs is 1.